The fourth-order valence-corrected chi connectivity index (χ4v) is 2.89. The molecule has 98 valence electrons. The summed E-state index contributed by atoms with van der Waals surface area (Å²) in [5, 5.41) is 16.0. The van der Waals surface area contributed by atoms with Gasteiger partial charge in [0.2, 0.25) is 5.91 Å². The van der Waals surface area contributed by atoms with Gasteiger partial charge in [0.1, 0.15) is 0 Å². The minimum absolute atomic E-state index is 0.00547. The standard InChI is InChI=1S/C13H24N2O2/c1-9-8-10(5-6-12(9)16)15-13(17)11-4-2-3-7-14-11/h9-12,14,16H,2-8H2,1H3,(H,15,17)/t9-,10?,11-,12-/m1/s1. The van der Waals surface area contributed by atoms with Gasteiger partial charge in [-0.1, -0.05) is 13.3 Å². The van der Waals surface area contributed by atoms with Crippen LogP contribution in [-0.4, -0.2) is 35.7 Å². The second kappa shape index (κ2) is 5.83. The molecule has 4 heteroatoms. The Labute approximate surface area is 103 Å². The molecular weight excluding hydrogens is 216 g/mol. The van der Waals surface area contributed by atoms with Crippen LogP contribution in [0.15, 0.2) is 0 Å². The van der Waals surface area contributed by atoms with Crippen LogP contribution in [-0.2, 0) is 4.79 Å². The van der Waals surface area contributed by atoms with E-state index in [0.717, 1.165) is 38.6 Å². The van der Waals surface area contributed by atoms with Crippen LogP contribution in [0.25, 0.3) is 0 Å². The van der Waals surface area contributed by atoms with Crippen molar-refractivity contribution in [1.82, 2.24) is 10.6 Å². The first kappa shape index (κ1) is 12.8. The second-order valence-corrected chi connectivity index (χ2v) is 5.57. The van der Waals surface area contributed by atoms with E-state index in [1.165, 1.54) is 6.42 Å². The highest BCUT2D eigenvalue weighted by Crippen LogP contribution is 2.24. The lowest BCUT2D eigenvalue weighted by Crippen LogP contribution is -2.51. The highest BCUT2D eigenvalue weighted by molar-refractivity contribution is 5.82. The maximum absolute atomic E-state index is 12.0. The van der Waals surface area contributed by atoms with Crippen molar-refractivity contribution >= 4 is 5.91 Å². The Morgan fingerprint density at radius 1 is 1.29 bits per heavy atom. The number of carbonyl (C=O) groups excluding carboxylic acids is 1. The molecular formula is C13H24N2O2. The van der Waals surface area contributed by atoms with E-state index in [-0.39, 0.29) is 24.1 Å². The molecule has 1 amide bonds. The van der Waals surface area contributed by atoms with E-state index < -0.39 is 0 Å². The minimum atomic E-state index is -0.184. The van der Waals surface area contributed by atoms with Crippen LogP contribution in [0.5, 0.6) is 0 Å². The molecule has 2 rings (SSSR count). The molecule has 1 aliphatic heterocycles. The maximum atomic E-state index is 12.0. The average molecular weight is 240 g/mol. The summed E-state index contributed by atoms with van der Waals surface area (Å²) in [7, 11) is 0. The van der Waals surface area contributed by atoms with E-state index in [1.807, 2.05) is 0 Å². The number of hydrogen-bond donors (Lipinski definition) is 3. The summed E-state index contributed by atoms with van der Waals surface area (Å²) < 4.78 is 0. The molecule has 1 saturated carbocycles. The summed E-state index contributed by atoms with van der Waals surface area (Å²) in [5.41, 5.74) is 0. The van der Waals surface area contributed by atoms with Crippen LogP contribution in [0.4, 0.5) is 0 Å². The number of piperidine rings is 1. The largest absolute Gasteiger partial charge is 0.393 e. The molecule has 0 aromatic carbocycles. The third kappa shape index (κ3) is 3.42. The fraction of sp³-hybridized carbons (Fsp3) is 0.923. The molecule has 0 radical (unpaired) electrons. The monoisotopic (exact) mass is 240 g/mol. The molecule has 0 aromatic heterocycles. The van der Waals surface area contributed by atoms with Gasteiger partial charge in [-0.25, -0.2) is 0 Å². The number of aliphatic hydroxyl groups excluding tert-OH is 1. The SMILES string of the molecule is C[C@@H]1CC(NC(=O)[C@H]2CCCCN2)CC[C@H]1O. The van der Waals surface area contributed by atoms with E-state index >= 15 is 0 Å². The summed E-state index contributed by atoms with van der Waals surface area (Å²) in [4.78, 5) is 12.0. The van der Waals surface area contributed by atoms with Gasteiger partial charge in [0.25, 0.3) is 0 Å². The number of rotatable bonds is 2. The quantitative estimate of drug-likeness (QED) is 0.669. The zero-order chi connectivity index (χ0) is 12.3. The third-order valence-corrected chi connectivity index (χ3v) is 4.10. The molecule has 3 N–H and O–H groups in total. The smallest absolute Gasteiger partial charge is 0.237 e. The number of nitrogens with one attached hydrogen (secondary N) is 2. The first-order chi connectivity index (χ1) is 8.16. The van der Waals surface area contributed by atoms with Crippen LogP contribution < -0.4 is 10.6 Å². The van der Waals surface area contributed by atoms with Gasteiger partial charge in [-0.2, -0.15) is 0 Å². The molecule has 0 bridgehead atoms. The van der Waals surface area contributed by atoms with Crippen molar-refractivity contribution < 1.29 is 9.90 Å². The first-order valence-electron chi connectivity index (χ1n) is 6.88. The Morgan fingerprint density at radius 3 is 2.76 bits per heavy atom. The van der Waals surface area contributed by atoms with Crippen molar-refractivity contribution in [1.29, 1.82) is 0 Å². The van der Waals surface area contributed by atoms with E-state index in [0.29, 0.717) is 5.92 Å². The van der Waals surface area contributed by atoms with Gasteiger partial charge in [-0.3, -0.25) is 4.79 Å². The summed E-state index contributed by atoms with van der Waals surface area (Å²) in [5.74, 6) is 0.451. The molecule has 1 aliphatic carbocycles. The van der Waals surface area contributed by atoms with Crippen molar-refractivity contribution in [3.63, 3.8) is 0 Å². The Bertz CT molecular complexity index is 264. The van der Waals surface area contributed by atoms with Crippen LogP contribution >= 0.6 is 0 Å². The van der Waals surface area contributed by atoms with Crippen molar-refractivity contribution in [2.24, 2.45) is 5.92 Å². The van der Waals surface area contributed by atoms with Gasteiger partial charge in [0.15, 0.2) is 0 Å². The Hall–Kier alpha value is -0.610. The van der Waals surface area contributed by atoms with Crippen LogP contribution in [0.3, 0.4) is 0 Å². The predicted octanol–water partition coefficient (Wildman–Crippen LogP) is 0.794. The zero-order valence-electron chi connectivity index (χ0n) is 10.6. The van der Waals surface area contributed by atoms with Crippen LogP contribution in [0.2, 0.25) is 0 Å². The lowest BCUT2D eigenvalue weighted by molar-refractivity contribution is -0.125. The summed E-state index contributed by atoms with van der Waals surface area (Å²) in [6.45, 7) is 3.01. The maximum Gasteiger partial charge on any atom is 0.237 e. The van der Waals surface area contributed by atoms with Crippen molar-refractivity contribution in [3.05, 3.63) is 0 Å². The van der Waals surface area contributed by atoms with Crippen molar-refractivity contribution in [2.45, 2.75) is 63.6 Å². The third-order valence-electron chi connectivity index (χ3n) is 4.10. The molecule has 2 aliphatic rings. The molecule has 1 saturated heterocycles. The van der Waals surface area contributed by atoms with Crippen LogP contribution in [0, 0.1) is 5.92 Å². The highest BCUT2D eigenvalue weighted by Gasteiger charge is 2.29. The summed E-state index contributed by atoms with van der Waals surface area (Å²) in [6, 6.07) is 0.260. The second-order valence-electron chi connectivity index (χ2n) is 5.57. The number of amides is 1. The molecule has 1 unspecified atom stereocenters. The highest BCUT2D eigenvalue weighted by atomic mass is 16.3. The summed E-state index contributed by atoms with van der Waals surface area (Å²) in [6.07, 6.45) is 5.71. The number of aliphatic hydroxyl groups is 1. The van der Waals surface area contributed by atoms with Crippen molar-refractivity contribution in [2.75, 3.05) is 6.54 Å². The zero-order valence-corrected chi connectivity index (χ0v) is 10.6. The van der Waals surface area contributed by atoms with Gasteiger partial charge >= 0.3 is 0 Å². The number of carbonyl (C=O) groups is 1. The Balaban J connectivity index is 1.78. The first-order valence-corrected chi connectivity index (χ1v) is 6.88. The van der Waals surface area contributed by atoms with Gasteiger partial charge in [-0.05, 0) is 44.6 Å². The van der Waals surface area contributed by atoms with E-state index in [9.17, 15) is 9.90 Å². The summed E-state index contributed by atoms with van der Waals surface area (Å²) >= 11 is 0. The minimum Gasteiger partial charge on any atom is -0.393 e. The topological polar surface area (TPSA) is 61.4 Å². The normalized spacial score (nSPS) is 38.7. The van der Waals surface area contributed by atoms with Gasteiger partial charge in [0.05, 0.1) is 12.1 Å². The molecule has 1 heterocycles. The lowest BCUT2D eigenvalue weighted by atomic mass is 9.84. The lowest BCUT2D eigenvalue weighted by Gasteiger charge is -2.33. The molecule has 4 nitrogen and oxygen atoms in total. The molecule has 2 fully saturated rings. The Morgan fingerprint density at radius 2 is 2.12 bits per heavy atom. The Kier molecular flexibility index (Phi) is 4.40. The fourth-order valence-electron chi connectivity index (χ4n) is 2.89. The molecule has 0 spiro atoms. The van der Waals surface area contributed by atoms with Gasteiger partial charge < -0.3 is 15.7 Å². The van der Waals surface area contributed by atoms with E-state index in [2.05, 4.69) is 17.6 Å². The number of hydrogen-bond acceptors (Lipinski definition) is 3. The molecule has 0 aromatic rings. The average Bonchev–Trinajstić information content (AvgIpc) is 2.35. The van der Waals surface area contributed by atoms with Crippen LogP contribution in [0.1, 0.15) is 45.4 Å². The predicted molar refractivity (Wildman–Crippen MR) is 66.6 cm³/mol. The molecule has 17 heavy (non-hydrogen) atoms. The van der Waals surface area contributed by atoms with Crippen molar-refractivity contribution in [3.8, 4) is 0 Å². The van der Waals surface area contributed by atoms with E-state index in [1.54, 1.807) is 0 Å². The van der Waals surface area contributed by atoms with Gasteiger partial charge in [0, 0.05) is 6.04 Å². The molecule has 4 atom stereocenters. The van der Waals surface area contributed by atoms with Gasteiger partial charge in [-0.15, -0.1) is 0 Å². The van der Waals surface area contributed by atoms with E-state index in [4.69, 9.17) is 0 Å².